The van der Waals surface area contributed by atoms with Gasteiger partial charge in [0.15, 0.2) is 23.1 Å². The largest absolute Gasteiger partial charge is 0.456 e. The van der Waals surface area contributed by atoms with Gasteiger partial charge in [-0.15, -0.1) is 0 Å². The van der Waals surface area contributed by atoms with Gasteiger partial charge in [0.05, 0.1) is 0 Å². The minimum atomic E-state index is 0.528. The van der Waals surface area contributed by atoms with Crippen LogP contribution < -0.4 is 0 Å². The van der Waals surface area contributed by atoms with E-state index in [2.05, 4.69) is 18.2 Å². The molecule has 3 heterocycles. The molecule has 6 aromatic carbocycles. The van der Waals surface area contributed by atoms with Crippen molar-refractivity contribution in [1.82, 2.24) is 19.9 Å². The summed E-state index contributed by atoms with van der Waals surface area (Å²) in [7, 11) is 0. The second-order valence-electron chi connectivity index (χ2n) is 10.7. The van der Waals surface area contributed by atoms with Crippen molar-refractivity contribution in [1.29, 1.82) is 0 Å². The molecule has 6 heteroatoms. The minimum absolute atomic E-state index is 0.528. The number of oxazole rings is 1. The van der Waals surface area contributed by atoms with E-state index in [1.807, 2.05) is 115 Å². The maximum atomic E-state index is 6.56. The molecule has 206 valence electrons. The van der Waals surface area contributed by atoms with Gasteiger partial charge in [0, 0.05) is 38.4 Å². The van der Waals surface area contributed by atoms with Gasteiger partial charge in [0.1, 0.15) is 16.7 Å². The van der Waals surface area contributed by atoms with Crippen LogP contribution in [0.2, 0.25) is 0 Å². The molecule has 0 saturated heterocycles. The third-order valence-electron chi connectivity index (χ3n) is 7.94. The number of hydrogen-bond donors (Lipinski definition) is 0. The molecule has 6 nitrogen and oxygen atoms in total. The Labute approximate surface area is 251 Å². The van der Waals surface area contributed by atoms with E-state index in [0.29, 0.717) is 23.4 Å². The normalized spacial score (nSPS) is 11.6. The lowest BCUT2D eigenvalue weighted by atomic mass is 10.0. The Hall–Kier alpha value is -6.14. The van der Waals surface area contributed by atoms with Gasteiger partial charge in [-0.25, -0.2) is 19.9 Å². The summed E-state index contributed by atoms with van der Waals surface area (Å²) in [5.41, 5.74) is 6.72. The molecular formula is C38H22N4O2. The zero-order valence-electron chi connectivity index (χ0n) is 23.3. The molecule has 0 unspecified atom stereocenters. The van der Waals surface area contributed by atoms with Crippen LogP contribution in [0.25, 0.3) is 89.4 Å². The van der Waals surface area contributed by atoms with E-state index in [1.54, 1.807) is 0 Å². The van der Waals surface area contributed by atoms with E-state index in [4.69, 9.17) is 28.8 Å². The maximum Gasteiger partial charge on any atom is 0.227 e. The molecule has 0 aliphatic rings. The summed E-state index contributed by atoms with van der Waals surface area (Å²) in [6.45, 7) is 0. The summed E-state index contributed by atoms with van der Waals surface area (Å²) in [4.78, 5) is 19.5. The molecule has 0 aliphatic heterocycles. The van der Waals surface area contributed by atoms with Gasteiger partial charge in [-0.1, -0.05) is 103 Å². The number of para-hydroxylation sites is 1. The van der Waals surface area contributed by atoms with Crippen molar-refractivity contribution in [3.8, 4) is 45.6 Å². The van der Waals surface area contributed by atoms with Gasteiger partial charge in [0.2, 0.25) is 5.89 Å². The van der Waals surface area contributed by atoms with Crippen LogP contribution in [0.5, 0.6) is 0 Å². The summed E-state index contributed by atoms with van der Waals surface area (Å²) in [6, 6.07) is 44.2. The number of nitrogens with zero attached hydrogens (tertiary/aromatic N) is 4. The van der Waals surface area contributed by atoms with Crippen LogP contribution in [0.4, 0.5) is 0 Å². The van der Waals surface area contributed by atoms with Crippen LogP contribution in [0.1, 0.15) is 0 Å². The SMILES string of the molecule is c1ccc(-c2nc(-c3ccccc3)nc(-c3cccc(-c4nc5ccc6ccc7oc8ccccc8c7c6c5o4)c3)n2)cc1. The lowest BCUT2D eigenvalue weighted by molar-refractivity contribution is 0.623. The van der Waals surface area contributed by atoms with E-state index >= 15 is 0 Å². The molecule has 0 bridgehead atoms. The zero-order chi connectivity index (χ0) is 29.0. The van der Waals surface area contributed by atoms with Crippen molar-refractivity contribution in [2.24, 2.45) is 0 Å². The fourth-order valence-electron chi connectivity index (χ4n) is 5.86. The van der Waals surface area contributed by atoms with Crippen LogP contribution >= 0.6 is 0 Å². The third kappa shape index (κ3) is 3.96. The second kappa shape index (κ2) is 9.71. The Morgan fingerprint density at radius 2 is 1.02 bits per heavy atom. The minimum Gasteiger partial charge on any atom is -0.456 e. The maximum absolute atomic E-state index is 6.56. The molecule has 0 N–H and O–H groups in total. The van der Waals surface area contributed by atoms with E-state index in [0.717, 1.165) is 66.1 Å². The molecule has 0 aliphatic carbocycles. The summed E-state index contributed by atoms with van der Waals surface area (Å²) < 4.78 is 12.7. The first-order valence-corrected chi connectivity index (χ1v) is 14.4. The average Bonchev–Trinajstić information content (AvgIpc) is 3.71. The summed E-state index contributed by atoms with van der Waals surface area (Å²) in [5, 5.41) is 4.16. The standard InChI is InChI=1S/C38H22N4O2/c1-3-10-24(11-4-1)35-40-36(25-12-5-2-6-13-25)42-37(41-35)26-14-9-15-27(22-26)38-39-29-20-18-23-19-21-31-33(32(23)34(29)44-38)28-16-7-8-17-30(28)43-31/h1-22H. The first-order valence-electron chi connectivity index (χ1n) is 14.4. The quantitative estimate of drug-likeness (QED) is 0.211. The Bertz CT molecular complexity index is 2440. The highest BCUT2D eigenvalue weighted by Gasteiger charge is 2.18. The van der Waals surface area contributed by atoms with Gasteiger partial charge in [-0.05, 0) is 35.7 Å². The molecule has 0 fully saturated rings. The predicted octanol–water partition coefficient (Wildman–Crippen LogP) is 9.73. The lowest BCUT2D eigenvalue weighted by Crippen LogP contribution is -2.00. The second-order valence-corrected chi connectivity index (χ2v) is 10.7. The van der Waals surface area contributed by atoms with Crippen LogP contribution in [0.15, 0.2) is 142 Å². The van der Waals surface area contributed by atoms with E-state index in [1.165, 1.54) is 0 Å². The van der Waals surface area contributed by atoms with Crippen molar-refractivity contribution in [2.75, 3.05) is 0 Å². The summed E-state index contributed by atoms with van der Waals surface area (Å²) in [5.74, 6) is 2.33. The van der Waals surface area contributed by atoms with E-state index in [-0.39, 0.29) is 0 Å². The summed E-state index contributed by atoms with van der Waals surface area (Å²) >= 11 is 0. The first-order chi connectivity index (χ1) is 21.8. The number of benzene rings is 6. The zero-order valence-corrected chi connectivity index (χ0v) is 23.3. The number of furan rings is 1. The number of fused-ring (bicyclic) bond motifs is 7. The molecule has 0 saturated carbocycles. The lowest BCUT2D eigenvalue weighted by Gasteiger charge is -2.08. The van der Waals surface area contributed by atoms with E-state index < -0.39 is 0 Å². The third-order valence-corrected chi connectivity index (χ3v) is 7.94. The fourth-order valence-corrected chi connectivity index (χ4v) is 5.86. The Morgan fingerprint density at radius 3 is 1.77 bits per heavy atom. The van der Waals surface area contributed by atoms with Gasteiger partial charge >= 0.3 is 0 Å². The Morgan fingerprint density at radius 1 is 0.409 bits per heavy atom. The molecule has 0 atom stereocenters. The number of aromatic nitrogens is 4. The highest BCUT2D eigenvalue weighted by molar-refractivity contribution is 6.25. The molecule has 0 spiro atoms. The molecular weight excluding hydrogens is 544 g/mol. The smallest absolute Gasteiger partial charge is 0.227 e. The molecule has 0 amide bonds. The monoisotopic (exact) mass is 566 g/mol. The molecule has 44 heavy (non-hydrogen) atoms. The Balaban J connectivity index is 1.21. The molecule has 3 aromatic heterocycles. The van der Waals surface area contributed by atoms with Crippen molar-refractivity contribution in [3.05, 3.63) is 133 Å². The summed E-state index contributed by atoms with van der Waals surface area (Å²) in [6.07, 6.45) is 0. The van der Waals surface area contributed by atoms with Crippen molar-refractivity contribution >= 4 is 43.8 Å². The van der Waals surface area contributed by atoms with Crippen LogP contribution in [-0.2, 0) is 0 Å². The Kier molecular flexibility index (Phi) is 5.40. The highest BCUT2D eigenvalue weighted by atomic mass is 16.3. The topological polar surface area (TPSA) is 77.8 Å². The molecule has 0 radical (unpaired) electrons. The van der Waals surface area contributed by atoms with Crippen LogP contribution in [0.3, 0.4) is 0 Å². The first kappa shape index (κ1) is 24.5. The van der Waals surface area contributed by atoms with Gasteiger partial charge in [-0.2, -0.15) is 0 Å². The van der Waals surface area contributed by atoms with Crippen LogP contribution in [0, 0.1) is 0 Å². The number of hydrogen-bond acceptors (Lipinski definition) is 6. The number of rotatable bonds is 4. The van der Waals surface area contributed by atoms with Gasteiger partial charge in [0.25, 0.3) is 0 Å². The highest BCUT2D eigenvalue weighted by Crippen LogP contribution is 2.39. The van der Waals surface area contributed by atoms with Crippen molar-refractivity contribution in [3.63, 3.8) is 0 Å². The van der Waals surface area contributed by atoms with Crippen molar-refractivity contribution < 1.29 is 8.83 Å². The average molecular weight is 567 g/mol. The van der Waals surface area contributed by atoms with E-state index in [9.17, 15) is 0 Å². The van der Waals surface area contributed by atoms with Gasteiger partial charge < -0.3 is 8.83 Å². The van der Waals surface area contributed by atoms with Gasteiger partial charge in [-0.3, -0.25) is 0 Å². The molecule has 9 aromatic rings. The van der Waals surface area contributed by atoms with Crippen molar-refractivity contribution in [2.45, 2.75) is 0 Å². The fraction of sp³-hybridized carbons (Fsp3) is 0. The molecule has 9 rings (SSSR count). The van der Waals surface area contributed by atoms with Crippen LogP contribution in [-0.4, -0.2) is 19.9 Å². The predicted molar refractivity (Wildman–Crippen MR) is 174 cm³/mol.